The van der Waals surface area contributed by atoms with Gasteiger partial charge in [-0.3, -0.25) is 11.3 Å². The number of hydrazine groups is 1. The highest BCUT2D eigenvalue weighted by atomic mass is 16.5. The molecule has 0 amide bonds. The molecule has 19 heavy (non-hydrogen) atoms. The summed E-state index contributed by atoms with van der Waals surface area (Å²) < 4.78 is 16.4. The third-order valence-corrected chi connectivity index (χ3v) is 3.11. The van der Waals surface area contributed by atoms with Crippen LogP contribution >= 0.6 is 0 Å². The van der Waals surface area contributed by atoms with E-state index in [4.69, 9.17) is 20.1 Å². The van der Waals surface area contributed by atoms with Crippen molar-refractivity contribution in [3.05, 3.63) is 23.8 Å². The topological polar surface area (TPSA) is 65.7 Å². The Kier molecular flexibility index (Phi) is 6.62. The molecule has 1 aromatic rings. The Balaban J connectivity index is 3.13. The van der Waals surface area contributed by atoms with Gasteiger partial charge in [0.25, 0.3) is 0 Å². The van der Waals surface area contributed by atoms with Gasteiger partial charge < -0.3 is 14.2 Å². The first-order valence-electron chi connectivity index (χ1n) is 6.51. The van der Waals surface area contributed by atoms with Crippen LogP contribution in [0, 0.1) is 0 Å². The van der Waals surface area contributed by atoms with Gasteiger partial charge in [0.05, 0.1) is 26.4 Å². The lowest BCUT2D eigenvalue weighted by atomic mass is 9.98. The maximum absolute atomic E-state index is 5.73. The molecule has 0 saturated carbocycles. The number of methoxy groups -OCH3 is 2. The van der Waals surface area contributed by atoms with Crippen LogP contribution in [0.3, 0.4) is 0 Å². The molecule has 2 atom stereocenters. The molecule has 0 radical (unpaired) electrons. The van der Waals surface area contributed by atoms with E-state index < -0.39 is 0 Å². The average molecular weight is 268 g/mol. The summed E-state index contributed by atoms with van der Waals surface area (Å²) >= 11 is 0. The van der Waals surface area contributed by atoms with Crippen molar-refractivity contribution < 1.29 is 14.2 Å². The zero-order valence-electron chi connectivity index (χ0n) is 12.1. The van der Waals surface area contributed by atoms with Crippen molar-refractivity contribution in [1.29, 1.82) is 0 Å². The lowest BCUT2D eigenvalue weighted by molar-refractivity contribution is 0.0307. The Bertz CT molecular complexity index is 385. The maximum atomic E-state index is 5.73. The fourth-order valence-corrected chi connectivity index (χ4v) is 2.14. The minimum Gasteiger partial charge on any atom is -0.497 e. The Labute approximate surface area is 115 Å². The highest BCUT2D eigenvalue weighted by molar-refractivity contribution is 5.42. The molecule has 108 valence electrons. The summed E-state index contributed by atoms with van der Waals surface area (Å²) in [6, 6.07) is 5.51. The summed E-state index contributed by atoms with van der Waals surface area (Å²) in [4.78, 5) is 0. The van der Waals surface area contributed by atoms with E-state index in [0.29, 0.717) is 6.61 Å². The summed E-state index contributed by atoms with van der Waals surface area (Å²) in [6.07, 6.45) is 0.833. The van der Waals surface area contributed by atoms with Gasteiger partial charge in [0.1, 0.15) is 11.5 Å². The van der Waals surface area contributed by atoms with Crippen LogP contribution in [0.5, 0.6) is 11.5 Å². The highest BCUT2D eigenvalue weighted by Gasteiger charge is 2.24. The lowest BCUT2D eigenvalue weighted by Gasteiger charge is -2.27. The van der Waals surface area contributed by atoms with Crippen LogP contribution < -0.4 is 20.7 Å². The van der Waals surface area contributed by atoms with E-state index >= 15 is 0 Å². The number of benzene rings is 1. The number of ether oxygens (including phenoxy) is 3. The molecular weight excluding hydrogens is 244 g/mol. The Morgan fingerprint density at radius 2 is 1.95 bits per heavy atom. The molecule has 0 aliphatic carbocycles. The van der Waals surface area contributed by atoms with Gasteiger partial charge in [0.2, 0.25) is 0 Å². The van der Waals surface area contributed by atoms with Gasteiger partial charge in [0.15, 0.2) is 0 Å². The predicted octanol–water partition coefficient (Wildman–Crippen LogP) is 2.02. The molecule has 5 heteroatoms. The van der Waals surface area contributed by atoms with Gasteiger partial charge in [-0.2, -0.15) is 0 Å². The molecule has 0 heterocycles. The molecule has 0 aliphatic rings. The second-order valence-electron chi connectivity index (χ2n) is 4.15. The van der Waals surface area contributed by atoms with Crippen LogP contribution in [0.1, 0.15) is 31.9 Å². The number of nitrogens with two attached hydrogens (primary N) is 1. The number of rotatable bonds is 8. The molecule has 0 saturated heterocycles. The smallest absolute Gasteiger partial charge is 0.124 e. The van der Waals surface area contributed by atoms with Crippen molar-refractivity contribution in [3.63, 3.8) is 0 Å². The molecule has 3 N–H and O–H groups in total. The monoisotopic (exact) mass is 268 g/mol. The van der Waals surface area contributed by atoms with E-state index in [1.54, 1.807) is 14.2 Å². The average Bonchev–Trinajstić information content (AvgIpc) is 2.46. The SMILES string of the molecule is CCOC(CC)C(NN)c1cc(OC)ccc1OC. The van der Waals surface area contributed by atoms with E-state index in [0.717, 1.165) is 23.5 Å². The van der Waals surface area contributed by atoms with Crippen molar-refractivity contribution in [3.8, 4) is 11.5 Å². The van der Waals surface area contributed by atoms with Crippen molar-refractivity contribution in [2.24, 2.45) is 5.84 Å². The van der Waals surface area contributed by atoms with Crippen LogP contribution in [-0.2, 0) is 4.74 Å². The van der Waals surface area contributed by atoms with Crippen LogP contribution in [0.15, 0.2) is 18.2 Å². The Hall–Kier alpha value is -1.30. The van der Waals surface area contributed by atoms with Gasteiger partial charge >= 0.3 is 0 Å². The molecule has 1 aromatic carbocycles. The molecule has 0 bridgehead atoms. The molecule has 0 aromatic heterocycles. The molecule has 0 aliphatic heterocycles. The zero-order valence-corrected chi connectivity index (χ0v) is 12.1. The largest absolute Gasteiger partial charge is 0.497 e. The molecule has 2 unspecified atom stereocenters. The van der Waals surface area contributed by atoms with Crippen LogP contribution in [-0.4, -0.2) is 26.9 Å². The Morgan fingerprint density at radius 3 is 2.42 bits per heavy atom. The lowest BCUT2D eigenvalue weighted by Crippen LogP contribution is -2.38. The molecule has 0 fully saturated rings. The first kappa shape index (κ1) is 15.8. The van der Waals surface area contributed by atoms with Crippen molar-refractivity contribution in [2.45, 2.75) is 32.4 Å². The third-order valence-electron chi connectivity index (χ3n) is 3.11. The van der Waals surface area contributed by atoms with Crippen molar-refractivity contribution in [2.75, 3.05) is 20.8 Å². The number of hydrogen-bond donors (Lipinski definition) is 2. The van der Waals surface area contributed by atoms with E-state index in [1.165, 1.54) is 0 Å². The number of hydrogen-bond acceptors (Lipinski definition) is 5. The minimum atomic E-state index is -0.144. The summed E-state index contributed by atoms with van der Waals surface area (Å²) in [7, 11) is 3.27. The number of nitrogens with one attached hydrogen (secondary N) is 1. The Morgan fingerprint density at radius 1 is 1.21 bits per heavy atom. The van der Waals surface area contributed by atoms with E-state index in [-0.39, 0.29) is 12.1 Å². The minimum absolute atomic E-state index is 0.0176. The summed E-state index contributed by atoms with van der Waals surface area (Å²) in [5, 5.41) is 0. The van der Waals surface area contributed by atoms with Crippen LogP contribution in [0.4, 0.5) is 0 Å². The third kappa shape index (κ3) is 3.83. The van der Waals surface area contributed by atoms with Gasteiger partial charge in [0, 0.05) is 12.2 Å². The van der Waals surface area contributed by atoms with E-state index in [1.807, 2.05) is 25.1 Å². The van der Waals surface area contributed by atoms with Gasteiger partial charge in [-0.05, 0) is 31.5 Å². The molecular formula is C14H24N2O3. The van der Waals surface area contributed by atoms with Crippen LogP contribution in [0.2, 0.25) is 0 Å². The van der Waals surface area contributed by atoms with Gasteiger partial charge in [-0.25, -0.2) is 0 Å². The second kappa shape index (κ2) is 7.99. The summed E-state index contributed by atoms with van der Waals surface area (Å²) in [5.41, 5.74) is 3.75. The van der Waals surface area contributed by atoms with Crippen molar-refractivity contribution >= 4 is 0 Å². The maximum Gasteiger partial charge on any atom is 0.124 e. The quantitative estimate of drug-likeness (QED) is 0.558. The van der Waals surface area contributed by atoms with Crippen LogP contribution in [0.25, 0.3) is 0 Å². The van der Waals surface area contributed by atoms with Crippen molar-refractivity contribution in [1.82, 2.24) is 5.43 Å². The standard InChI is InChI=1S/C14H24N2O3/c1-5-12(19-6-2)14(16-15)11-9-10(17-3)7-8-13(11)18-4/h7-9,12,14,16H,5-6,15H2,1-4H3. The van der Waals surface area contributed by atoms with Gasteiger partial charge in [-0.15, -0.1) is 0 Å². The normalized spacial score (nSPS) is 13.9. The first-order chi connectivity index (χ1) is 9.21. The molecule has 5 nitrogen and oxygen atoms in total. The van der Waals surface area contributed by atoms with Gasteiger partial charge in [-0.1, -0.05) is 6.92 Å². The summed E-state index contributed by atoms with van der Waals surface area (Å²) in [5.74, 6) is 7.23. The zero-order chi connectivity index (χ0) is 14.3. The highest BCUT2D eigenvalue weighted by Crippen LogP contribution is 2.32. The predicted molar refractivity (Wildman–Crippen MR) is 75.3 cm³/mol. The first-order valence-corrected chi connectivity index (χ1v) is 6.51. The second-order valence-corrected chi connectivity index (χ2v) is 4.15. The summed E-state index contributed by atoms with van der Waals surface area (Å²) in [6.45, 7) is 4.68. The fraction of sp³-hybridized carbons (Fsp3) is 0.571. The van der Waals surface area contributed by atoms with E-state index in [2.05, 4.69) is 12.3 Å². The molecule has 1 rings (SSSR count). The van der Waals surface area contributed by atoms with E-state index in [9.17, 15) is 0 Å². The fourth-order valence-electron chi connectivity index (χ4n) is 2.14. The molecule has 0 spiro atoms.